The third-order valence-electron chi connectivity index (χ3n) is 4.49. The molecule has 3 unspecified atom stereocenters. The molecule has 1 fully saturated rings. The largest absolute Gasteiger partial charge is 0.330 e. The zero-order valence-electron chi connectivity index (χ0n) is 12.6. The monoisotopic (exact) mass is 281 g/mol. The molecule has 0 aliphatic heterocycles. The summed E-state index contributed by atoms with van der Waals surface area (Å²) in [5, 5.41) is 1.74. The molecule has 3 nitrogen and oxygen atoms in total. The maximum absolute atomic E-state index is 5.97. The molecule has 0 amide bonds. The number of hydrogen-bond acceptors (Lipinski definition) is 3. The van der Waals surface area contributed by atoms with Crippen molar-refractivity contribution >= 4 is 11.8 Å². The van der Waals surface area contributed by atoms with Crippen molar-refractivity contribution in [1.29, 1.82) is 0 Å². The molecule has 0 spiro atoms. The molecule has 4 heteroatoms. The van der Waals surface area contributed by atoms with Gasteiger partial charge in [0.2, 0.25) is 0 Å². The quantitative estimate of drug-likeness (QED) is 0.924. The van der Waals surface area contributed by atoms with Crippen molar-refractivity contribution in [2.24, 2.45) is 30.0 Å². The van der Waals surface area contributed by atoms with Crippen LogP contribution in [0.1, 0.15) is 40.0 Å². The van der Waals surface area contributed by atoms with Gasteiger partial charge in [-0.1, -0.05) is 32.5 Å². The molecule has 108 valence electrons. The van der Waals surface area contributed by atoms with Gasteiger partial charge in [-0.25, -0.2) is 4.98 Å². The van der Waals surface area contributed by atoms with Crippen LogP contribution in [0.15, 0.2) is 17.6 Å². The number of hydrogen-bond donors (Lipinski definition) is 1. The first-order valence-electron chi connectivity index (χ1n) is 7.26. The minimum absolute atomic E-state index is 0.403. The molecule has 1 aliphatic rings. The SMILES string of the molecule is Cn1ccnc1SC1CC(C(C)(C)C)CCC1CN. The molecule has 1 aromatic rings. The summed E-state index contributed by atoms with van der Waals surface area (Å²) in [4.78, 5) is 4.45. The average molecular weight is 281 g/mol. The van der Waals surface area contributed by atoms with E-state index in [1.807, 2.05) is 24.2 Å². The molecule has 1 aromatic heterocycles. The third-order valence-corrected chi connectivity index (χ3v) is 5.97. The molecule has 0 aromatic carbocycles. The first kappa shape index (κ1) is 14.9. The second kappa shape index (κ2) is 5.88. The molecule has 0 bridgehead atoms. The van der Waals surface area contributed by atoms with Gasteiger partial charge in [-0.15, -0.1) is 0 Å². The third kappa shape index (κ3) is 3.54. The van der Waals surface area contributed by atoms with Crippen LogP contribution in [-0.4, -0.2) is 21.3 Å². The predicted molar refractivity (Wildman–Crippen MR) is 82.2 cm³/mol. The van der Waals surface area contributed by atoms with Gasteiger partial charge in [-0.2, -0.15) is 0 Å². The van der Waals surface area contributed by atoms with E-state index in [0.717, 1.165) is 17.6 Å². The average Bonchev–Trinajstić information content (AvgIpc) is 2.74. The lowest BCUT2D eigenvalue weighted by Crippen LogP contribution is -2.36. The maximum Gasteiger partial charge on any atom is 0.167 e. The van der Waals surface area contributed by atoms with Gasteiger partial charge < -0.3 is 10.3 Å². The highest BCUT2D eigenvalue weighted by Crippen LogP contribution is 2.45. The second-order valence-electron chi connectivity index (χ2n) is 6.85. The fourth-order valence-corrected chi connectivity index (χ4v) is 4.38. The second-order valence-corrected chi connectivity index (χ2v) is 8.06. The molecular weight excluding hydrogens is 254 g/mol. The van der Waals surface area contributed by atoms with Gasteiger partial charge in [-0.05, 0) is 43.1 Å². The van der Waals surface area contributed by atoms with E-state index < -0.39 is 0 Å². The van der Waals surface area contributed by atoms with Gasteiger partial charge in [0.25, 0.3) is 0 Å². The van der Waals surface area contributed by atoms with E-state index in [2.05, 4.69) is 37.4 Å². The highest BCUT2D eigenvalue weighted by molar-refractivity contribution is 7.99. The Morgan fingerprint density at radius 1 is 1.42 bits per heavy atom. The molecule has 0 saturated heterocycles. The molecule has 3 atom stereocenters. The summed E-state index contributed by atoms with van der Waals surface area (Å²) in [5.41, 5.74) is 6.38. The Kier molecular flexibility index (Phi) is 4.62. The molecular formula is C15H27N3S. The van der Waals surface area contributed by atoms with Gasteiger partial charge in [-0.3, -0.25) is 0 Å². The van der Waals surface area contributed by atoms with Gasteiger partial charge in [0.15, 0.2) is 5.16 Å². The summed E-state index contributed by atoms with van der Waals surface area (Å²) in [5.74, 6) is 1.44. The van der Waals surface area contributed by atoms with Crippen LogP contribution in [0.3, 0.4) is 0 Å². The van der Waals surface area contributed by atoms with E-state index in [-0.39, 0.29) is 0 Å². The Morgan fingerprint density at radius 3 is 2.68 bits per heavy atom. The maximum atomic E-state index is 5.97. The van der Waals surface area contributed by atoms with Gasteiger partial charge in [0.1, 0.15) is 0 Å². The highest BCUT2D eigenvalue weighted by Gasteiger charge is 2.36. The Bertz CT molecular complexity index is 408. The Balaban J connectivity index is 2.08. The van der Waals surface area contributed by atoms with E-state index >= 15 is 0 Å². The summed E-state index contributed by atoms with van der Waals surface area (Å²) in [6.07, 6.45) is 7.75. The summed E-state index contributed by atoms with van der Waals surface area (Å²) in [7, 11) is 2.07. The first-order chi connectivity index (χ1) is 8.91. The summed E-state index contributed by atoms with van der Waals surface area (Å²) in [6, 6.07) is 0. The molecule has 0 radical (unpaired) electrons. The Hall–Kier alpha value is -0.480. The van der Waals surface area contributed by atoms with Gasteiger partial charge in [0.05, 0.1) is 0 Å². The summed E-state index contributed by atoms with van der Waals surface area (Å²) >= 11 is 1.92. The van der Waals surface area contributed by atoms with Crippen LogP contribution in [0.25, 0.3) is 0 Å². The Labute approximate surface area is 121 Å². The Morgan fingerprint density at radius 2 is 2.16 bits per heavy atom. The summed E-state index contributed by atoms with van der Waals surface area (Å²) < 4.78 is 2.11. The number of nitrogens with two attached hydrogens (primary N) is 1. The molecule has 2 rings (SSSR count). The van der Waals surface area contributed by atoms with E-state index in [1.165, 1.54) is 19.3 Å². The minimum Gasteiger partial charge on any atom is -0.330 e. The normalized spacial score (nSPS) is 28.6. The first-order valence-corrected chi connectivity index (χ1v) is 8.14. The van der Waals surface area contributed by atoms with Crippen LogP contribution >= 0.6 is 11.8 Å². The van der Waals surface area contributed by atoms with E-state index in [0.29, 0.717) is 16.6 Å². The number of thioether (sulfide) groups is 1. The number of aryl methyl sites for hydroxylation is 1. The van der Waals surface area contributed by atoms with Crippen molar-refractivity contribution in [1.82, 2.24) is 9.55 Å². The molecule has 19 heavy (non-hydrogen) atoms. The van der Waals surface area contributed by atoms with Crippen LogP contribution in [0.5, 0.6) is 0 Å². The predicted octanol–water partition coefficient (Wildman–Crippen LogP) is 3.30. The van der Waals surface area contributed by atoms with Crippen LogP contribution in [0.4, 0.5) is 0 Å². The van der Waals surface area contributed by atoms with Crippen molar-refractivity contribution in [2.45, 2.75) is 50.4 Å². The lowest BCUT2D eigenvalue weighted by Gasteiger charge is -2.41. The molecule has 1 heterocycles. The van der Waals surface area contributed by atoms with Crippen molar-refractivity contribution in [3.8, 4) is 0 Å². The topological polar surface area (TPSA) is 43.8 Å². The number of rotatable bonds is 3. The number of aromatic nitrogens is 2. The van der Waals surface area contributed by atoms with E-state index in [9.17, 15) is 0 Å². The lowest BCUT2D eigenvalue weighted by atomic mass is 9.69. The fraction of sp³-hybridized carbons (Fsp3) is 0.800. The van der Waals surface area contributed by atoms with E-state index in [4.69, 9.17) is 5.73 Å². The van der Waals surface area contributed by atoms with Crippen molar-refractivity contribution in [3.63, 3.8) is 0 Å². The summed E-state index contributed by atoms with van der Waals surface area (Å²) in [6.45, 7) is 7.90. The number of nitrogens with zero attached hydrogens (tertiary/aromatic N) is 2. The van der Waals surface area contributed by atoms with E-state index in [1.54, 1.807) is 0 Å². The van der Waals surface area contributed by atoms with Crippen LogP contribution < -0.4 is 5.73 Å². The fourth-order valence-electron chi connectivity index (χ4n) is 2.99. The van der Waals surface area contributed by atoms with Crippen LogP contribution in [0, 0.1) is 17.3 Å². The van der Waals surface area contributed by atoms with Crippen molar-refractivity contribution < 1.29 is 0 Å². The zero-order chi connectivity index (χ0) is 14.0. The standard InChI is InChI=1S/C15H27N3S/c1-15(2,3)12-6-5-11(10-16)13(9-12)19-14-17-7-8-18(14)4/h7-8,11-13H,5-6,9-10,16H2,1-4H3. The molecule has 2 N–H and O–H groups in total. The van der Waals surface area contributed by atoms with Crippen LogP contribution in [-0.2, 0) is 7.05 Å². The van der Waals surface area contributed by atoms with Gasteiger partial charge >= 0.3 is 0 Å². The lowest BCUT2D eigenvalue weighted by molar-refractivity contribution is 0.157. The van der Waals surface area contributed by atoms with Crippen LogP contribution in [0.2, 0.25) is 0 Å². The number of imidazole rings is 1. The minimum atomic E-state index is 0.403. The highest BCUT2D eigenvalue weighted by atomic mass is 32.2. The molecule has 1 aliphatic carbocycles. The molecule has 1 saturated carbocycles. The zero-order valence-corrected chi connectivity index (χ0v) is 13.4. The van der Waals surface area contributed by atoms with Gasteiger partial charge in [0, 0.05) is 24.7 Å². The van der Waals surface area contributed by atoms with Crippen molar-refractivity contribution in [2.75, 3.05) is 6.54 Å². The smallest absolute Gasteiger partial charge is 0.167 e. The van der Waals surface area contributed by atoms with Crippen molar-refractivity contribution in [3.05, 3.63) is 12.4 Å².